The number of nitriles is 1. The Labute approximate surface area is 121 Å². The van der Waals surface area contributed by atoms with Crippen LogP contribution in [0.3, 0.4) is 0 Å². The zero-order valence-corrected chi connectivity index (χ0v) is 12.3. The fourth-order valence-corrected chi connectivity index (χ4v) is 3.29. The van der Waals surface area contributed by atoms with Gasteiger partial charge in [-0.2, -0.15) is 5.26 Å². The average Bonchev–Trinajstić information content (AvgIpc) is 2.47. The van der Waals surface area contributed by atoms with E-state index in [0.29, 0.717) is 0 Å². The van der Waals surface area contributed by atoms with Crippen LogP contribution < -0.4 is 4.74 Å². The zero-order chi connectivity index (χ0) is 13.7. The summed E-state index contributed by atoms with van der Waals surface area (Å²) in [6.45, 7) is 0. The first kappa shape index (κ1) is 13.9. The highest BCUT2D eigenvalue weighted by Gasteiger charge is 2.09. The third kappa shape index (κ3) is 3.25. The highest BCUT2D eigenvalue weighted by Crippen LogP contribution is 2.35. The minimum Gasteiger partial charge on any atom is -0.497 e. The Balaban J connectivity index is 2.35. The fourth-order valence-electron chi connectivity index (χ4n) is 1.67. The molecule has 0 aliphatic carbocycles. The average molecular weight is 287 g/mol. The van der Waals surface area contributed by atoms with E-state index >= 15 is 0 Å². The molecule has 0 radical (unpaired) electrons. The van der Waals surface area contributed by atoms with Gasteiger partial charge in [0, 0.05) is 14.7 Å². The van der Waals surface area contributed by atoms with Crippen LogP contribution >= 0.6 is 23.5 Å². The Bertz CT molecular complexity index is 620. The lowest BCUT2D eigenvalue weighted by molar-refractivity contribution is 0.413. The molecule has 0 saturated carbocycles. The summed E-state index contributed by atoms with van der Waals surface area (Å²) < 4.78 is 5.21. The predicted molar refractivity (Wildman–Crippen MR) is 80.1 cm³/mol. The van der Waals surface area contributed by atoms with Crippen LogP contribution in [0.5, 0.6) is 5.75 Å². The van der Waals surface area contributed by atoms with E-state index in [9.17, 15) is 5.26 Å². The van der Waals surface area contributed by atoms with Crippen molar-refractivity contribution in [1.29, 1.82) is 5.26 Å². The number of hydrogen-bond donors (Lipinski definition) is 0. The molecule has 0 saturated heterocycles. The summed E-state index contributed by atoms with van der Waals surface area (Å²) in [5.74, 6) is 0.824. The molecule has 0 heterocycles. The molecule has 0 amide bonds. The second-order valence-corrected chi connectivity index (χ2v) is 5.69. The molecule has 19 heavy (non-hydrogen) atoms. The zero-order valence-electron chi connectivity index (χ0n) is 10.7. The number of ether oxygens (including phenoxy) is 1. The molecule has 2 nitrogen and oxygen atoms in total. The van der Waals surface area contributed by atoms with Gasteiger partial charge in [-0.15, -0.1) is 11.8 Å². The second-order valence-electron chi connectivity index (χ2n) is 3.73. The highest BCUT2D eigenvalue weighted by molar-refractivity contribution is 8.00. The van der Waals surface area contributed by atoms with E-state index in [1.807, 2.05) is 48.7 Å². The second kappa shape index (κ2) is 6.55. The Kier molecular flexibility index (Phi) is 4.78. The molecular formula is C15H13NOS2. The fraction of sp³-hybridized carbons (Fsp3) is 0.133. The molecule has 0 aliphatic rings. The number of thioether (sulfide) groups is 1. The first-order valence-corrected chi connectivity index (χ1v) is 7.71. The summed E-state index contributed by atoms with van der Waals surface area (Å²) in [7, 11) is 1.65. The minimum absolute atomic E-state index is 0.739. The number of hydrogen-bond acceptors (Lipinski definition) is 4. The minimum atomic E-state index is 0.739. The normalized spacial score (nSPS) is 9.95. The van der Waals surface area contributed by atoms with Crippen molar-refractivity contribution >= 4 is 23.5 Å². The van der Waals surface area contributed by atoms with E-state index in [0.717, 1.165) is 26.0 Å². The molecule has 2 aromatic rings. The predicted octanol–water partition coefficient (Wildman–Crippen LogP) is 4.44. The van der Waals surface area contributed by atoms with E-state index in [1.165, 1.54) is 0 Å². The van der Waals surface area contributed by atoms with Crippen LogP contribution in [-0.2, 0) is 0 Å². The smallest absolute Gasteiger partial charge is 0.119 e. The van der Waals surface area contributed by atoms with Crippen molar-refractivity contribution in [3.8, 4) is 11.8 Å². The lowest BCUT2D eigenvalue weighted by atomic mass is 10.2. The van der Waals surface area contributed by atoms with Gasteiger partial charge in [0.05, 0.1) is 12.7 Å². The van der Waals surface area contributed by atoms with Crippen molar-refractivity contribution in [2.45, 2.75) is 14.7 Å². The Morgan fingerprint density at radius 1 is 1.11 bits per heavy atom. The van der Waals surface area contributed by atoms with E-state index < -0.39 is 0 Å². The number of benzene rings is 2. The van der Waals surface area contributed by atoms with Crippen molar-refractivity contribution in [2.75, 3.05) is 13.4 Å². The molecule has 2 aromatic carbocycles. The van der Waals surface area contributed by atoms with Gasteiger partial charge in [-0.3, -0.25) is 0 Å². The van der Waals surface area contributed by atoms with Crippen molar-refractivity contribution in [3.05, 3.63) is 48.0 Å². The summed E-state index contributed by atoms with van der Waals surface area (Å²) in [6, 6.07) is 16.1. The van der Waals surface area contributed by atoms with Crippen LogP contribution in [0.4, 0.5) is 0 Å². The van der Waals surface area contributed by atoms with Gasteiger partial charge in [0.2, 0.25) is 0 Å². The maximum atomic E-state index is 9.31. The molecule has 0 bridgehead atoms. The third-order valence-electron chi connectivity index (χ3n) is 2.59. The maximum Gasteiger partial charge on any atom is 0.119 e. The molecule has 0 unspecified atom stereocenters. The Hall–Kier alpha value is -1.57. The van der Waals surface area contributed by atoms with Crippen molar-refractivity contribution < 1.29 is 4.74 Å². The number of methoxy groups -OCH3 is 1. The molecule has 0 aromatic heterocycles. The monoisotopic (exact) mass is 287 g/mol. The number of nitrogens with zero attached hydrogens (tertiary/aromatic N) is 1. The SMILES string of the molecule is COc1cccc(Sc2cccc(SC)c2C#N)c1. The van der Waals surface area contributed by atoms with Gasteiger partial charge in [-0.05, 0) is 36.6 Å². The molecule has 4 heteroatoms. The number of rotatable bonds is 4. The Morgan fingerprint density at radius 3 is 2.53 bits per heavy atom. The van der Waals surface area contributed by atoms with Gasteiger partial charge >= 0.3 is 0 Å². The van der Waals surface area contributed by atoms with E-state index in [-0.39, 0.29) is 0 Å². The molecule has 96 valence electrons. The van der Waals surface area contributed by atoms with Gasteiger partial charge in [0.25, 0.3) is 0 Å². The molecular weight excluding hydrogens is 274 g/mol. The van der Waals surface area contributed by atoms with Gasteiger partial charge in [0.1, 0.15) is 11.8 Å². The standard InChI is InChI=1S/C15H13NOS2/c1-17-11-5-3-6-12(9-11)19-15-8-4-7-14(18-2)13(15)10-16/h3-9H,1-2H3. The summed E-state index contributed by atoms with van der Waals surface area (Å²) >= 11 is 3.17. The first-order valence-electron chi connectivity index (χ1n) is 5.67. The van der Waals surface area contributed by atoms with Gasteiger partial charge < -0.3 is 4.74 Å². The van der Waals surface area contributed by atoms with Crippen molar-refractivity contribution in [3.63, 3.8) is 0 Å². The lowest BCUT2D eigenvalue weighted by Crippen LogP contribution is -1.86. The van der Waals surface area contributed by atoms with E-state index in [4.69, 9.17) is 4.74 Å². The van der Waals surface area contributed by atoms with Gasteiger partial charge in [0.15, 0.2) is 0 Å². The third-order valence-corrected chi connectivity index (χ3v) is 4.42. The van der Waals surface area contributed by atoms with Crippen LogP contribution in [0, 0.1) is 11.3 Å². The van der Waals surface area contributed by atoms with Crippen LogP contribution in [0.2, 0.25) is 0 Å². The quantitative estimate of drug-likeness (QED) is 0.778. The summed E-state index contributed by atoms with van der Waals surface area (Å²) in [6.07, 6.45) is 1.98. The maximum absolute atomic E-state index is 9.31. The molecule has 0 fully saturated rings. The highest BCUT2D eigenvalue weighted by atomic mass is 32.2. The first-order chi connectivity index (χ1) is 9.28. The molecule has 0 atom stereocenters. The Morgan fingerprint density at radius 2 is 1.84 bits per heavy atom. The van der Waals surface area contributed by atoms with Crippen LogP contribution in [0.25, 0.3) is 0 Å². The summed E-state index contributed by atoms with van der Waals surface area (Å²) in [5, 5.41) is 9.31. The lowest BCUT2D eigenvalue weighted by Gasteiger charge is -2.08. The summed E-state index contributed by atoms with van der Waals surface area (Å²) in [5.41, 5.74) is 0.739. The van der Waals surface area contributed by atoms with Gasteiger partial charge in [-0.1, -0.05) is 23.9 Å². The summed E-state index contributed by atoms with van der Waals surface area (Å²) in [4.78, 5) is 3.05. The largest absolute Gasteiger partial charge is 0.497 e. The molecule has 0 N–H and O–H groups in total. The van der Waals surface area contributed by atoms with Crippen LogP contribution in [0.1, 0.15) is 5.56 Å². The van der Waals surface area contributed by atoms with E-state index in [1.54, 1.807) is 30.6 Å². The molecule has 2 rings (SSSR count). The van der Waals surface area contributed by atoms with Crippen LogP contribution in [-0.4, -0.2) is 13.4 Å². The van der Waals surface area contributed by atoms with Gasteiger partial charge in [-0.25, -0.2) is 0 Å². The van der Waals surface area contributed by atoms with E-state index in [2.05, 4.69) is 6.07 Å². The molecule has 0 spiro atoms. The topological polar surface area (TPSA) is 33.0 Å². The van der Waals surface area contributed by atoms with Crippen LogP contribution in [0.15, 0.2) is 57.2 Å². The van der Waals surface area contributed by atoms with Crippen molar-refractivity contribution in [1.82, 2.24) is 0 Å². The molecule has 0 aliphatic heterocycles. The van der Waals surface area contributed by atoms with Crippen molar-refractivity contribution in [2.24, 2.45) is 0 Å².